The van der Waals surface area contributed by atoms with Gasteiger partial charge in [-0.05, 0) is 33.6 Å². The molecular formula is C12H22N2O2. The Hall–Kier alpha value is -0.770. The lowest BCUT2D eigenvalue weighted by molar-refractivity contribution is 0.0406. The molecule has 4 nitrogen and oxygen atoms in total. The molecule has 1 amide bonds. The van der Waals surface area contributed by atoms with Crippen LogP contribution in [0.2, 0.25) is 0 Å². The third kappa shape index (κ3) is 2.32. The maximum absolute atomic E-state index is 11.7. The minimum atomic E-state index is -0.414. The van der Waals surface area contributed by atoms with Gasteiger partial charge in [0.25, 0.3) is 0 Å². The predicted octanol–water partition coefficient (Wildman–Crippen LogP) is 1.65. The fourth-order valence-electron chi connectivity index (χ4n) is 2.62. The standard InChI is InChI=1S/C12H22N2O2/c1-11(2,3)16-10(15)14-9-7-13-8-12(9)5-4-6-12/h9,13H,4-8H2,1-3H3,(H,14,15)/t9-/m0/s1. The van der Waals surface area contributed by atoms with Gasteiger partial charge < -0.3 is 15.4 Å². The summed E-state index contributed by atoms with van der Waals surface area (Å²) in [6, 6.07) is 0.246. The van der Waals surface area contributed by atoms with Crippen LogP contribution in [-0.2, 0) is 4.74 Å². The van der Waals surface area contributed by atoms with E-state index in [4.69, 9.17) is 4.74 Å². The van der Waals surface area contributed by atoms with E-state index in [9.17, 15) is 4.79 Å². The maximum atomic E-state index is 11.7. The zero-order valence-electron chi connectivity index (χ0n) is 10.4. The number of carbonyl (C=O) groups is 1. The van der Waals surface area contributed by atoms with Gasteiger partial charge in [0, 0.05) is 18.5 Å². The molecule has 2 fully saturated rings. The average Bonchev–Trinajstić information content (AvgIpc) is 2.42. The number of carbonyl (C=O) groups excluding carboxylic acids is 1. The highest BCUT2D eigenvalue weighted by atomic mass is 16.6. The van der Waals surface area contributed by atoms with Crippen LogP contribution in [0.1, 0.15) is 40.0 Å². The van der Waals surface area contributed by atoms with E-state index >= 15 is 0 Å². The van der Waals surface area contributed by atoms with Crippen molar-refractivity contribution >= 4 is 6.09 Å². The van der Waals surface area contributed by atoms with Crippen LogP contribution in [0.15, 0.2) is 0 Å². The first-order chi connectivity index (χ1) is 7.41. The van der Waals surface area contributed by atoms with Crippen molar-refractivity contribution < 1.29 is 9.53 Å². The highest BCUT2D eigenvalue weighted by Crippen LogP contribution is 2.45. The van der Waals surface area contributed by atoms with E-state index < -0.39 is 5.60 Å². The van der Waals surface area contributed by atoms with Gasteiger partial charge in [-0.1, -0.05) is 6.42 Å². The molecule has 4 heteroatoms. The topological polar surface area (TPSA) is 50.4 Å². The third-order valence-corrected chi connectivity index (χ3v) is 3.61. The summed E-state index contributed by atoms with van der Waals surface area (Å²) in [6.07, 6.45) is 3.45. The number of rotatable bonds is 1. The Morgan fingerprint density at radius 3 is 2.62 bits per heavy atom. The van der Waals surface area contributed by atoms with Crippen molar-refractivity contribution in [1.29, 1.82) is 0 Å². The fourth-order valence-corrected chi connectivity index (χ4v) is 2.62. The lowest BCUT2D eigenvalue weighted by Gasteiger charge is -2.42. The van der Waals surface area contributed by atoms with Crippen LogP contribution in [0.3, 0.4) is 0 Å². The Labute approximate surface area is 97.1 Å². The number of alkyl carbamates (subject to hydrolysis) is 1. The largest absolute Gasteiger partial charge is 0.444 e. The first-order valence-electron chi connectivity index (χ1n) is 6.12. The van der Waals surface area contributed by atoms with Gasteiger partial charge in [-0.15, -0.1) is 0 Å². The van der Waals surface area contributed by atoms with E-state index in [2.05, 4.69) is 10.6 Å². The molecule has 0 aromatic carbocycles. The molecule has 1 spiro atoms. The molecule has 1 aliphatic heterocycles. The number of amides is 1. The molecule has 16 heavy (non-hydrogen) atoms. The lowest BCUT2D eigenvalue weighted by atomic mass is 9.66. The van der Waals surface area contributed by atoms with Crippen molar-refractivity contribution in [3.05, 3.63) is 0 Å². The van der Waals surface area contributed by atoms with E-state index in [1.54, 1.807) is 0 Å². The molecule has 0 unspecified atom stereocenters. The Balaban J connectivity index is 1.87. The van der Waals surface area contributed by atoms with E-state index in [1.807, 2.05) is 20.8 Å². The molecule has 0 aromatic rings. The second-order valence-corrected chi connectivity index (χ2v) is 6.05. The molecule has 0 radical (unpaired) electrons. The smallest absolute Gasteiger partial charge is 0.407 e. The first kappa shape index (κ1) is 11.7. The van der Waals surface area contributed by atoms with Crippen molar-refractivity contribution in [1.82, 2.24) is 10.6 Å². The second kappa shape index (κ2) is 3.91. The summed E-state index contributed by atoms with van der Waals surface area (Å²) < 4.78 is 5.28. The minimum Gasteiger partial charge on any atom is -0.444 e. The van der Waals surface area contributed by atoms with Crippen LogP contribution in [-0.4, -0.2) is 30.8 Å². The summed E-state index contributed by atoms with van der Waals surface area (Å²) in [4.78, 5) is 11.7. The number of ether oxygens (including phenoxy) is 1. The van der Waals surface area contributed by atoms with Crippen molar-refractivity contribution in [2.75, 3.05) is 13.1 Å². The molecule has 2 N–H and O–H groups in total. The van der Waals surface area contributed by atoms with E-state index in [1.165, 1.54) is 19.3 Å². The van der Waals surface area contributed by atoms with E-state index in [0.29, 0.717) is 5.41 Å². The van der Waals surface area contributed by atoms with Gasteiger partial charge in [0.1, 0.15) is 5.60 Å². The summed E-state index contributed by atoms with van der Waals surface area (Å²) in [5.41, 5.74) is -0.0974. The first-order valence-corrected chi connectivity index (χ1v) is 6.12. The van der Waals surface area contributed by atoms with Crippen molar-refractivity contribution in [3.8, 4) is 0 Å². The molecule has 1 heterocycles. The Morgan fingerprint density at radius 1 is 1.44 bits per heavy atom. The summed E-state index contributed by atoms with van der Waals surface area (Å²) in [7, 11) is 0. The van der Waals surface area contributed by atoms with Crippen molar-refractivity contribution in [3.63, 3.8) is 0 Å². The van der Waals surface area contributed by atoms with Crippen LogP contribution in [0.25, 0.3) is 0 Å². The van der Waals surface area contributed by atoms with Crippen LogP contribution in [0.5, 0.6) is 0 Å². The molecule has 1 saturated heterocycles. The van der Waals surface area contributed by atoms with Gasteiger partial charge in [-0.25, -0.2) is 4.79 Å². The summed E-state index contributed by atoms with van der Waals surface area (Å²) in [6.45, 7) is 7.57. The van der Waals surface area contributed by atoms with Gasteiger partial charge >= 0.3 is 6.09 Å². The summed E-state index contributed by atoms with van der Waals surface area (Å²) >= 11 is 0. The lowest BCUT2D eigenvalue weighted by Crippen LogP contribution is -2.51. The molecule has 1 aliphatic carbocycles. The highest BCUT2D eigenvalue weighted by molar-refractivity contribution is 5.68. The van der Waals surface area contributed by atoms with Crippen LogP contribution in [0, 0.1) is 5.41 Å². The number of hydrogen-bond acceptors (Lipinski definition) is 3. The molecule has 1 atom stereocenters. The second-order valence-electron chi connectivity index (χ2n) is 6.05. The average molecular weight is 226 g/mol. The van der Waals surface area contributed by atoms with E-state index in [0.717, 1.165) is 13.1 Å². The molecule has 92 valence electrons. The van der Waals surface area contributed by atoms with E-state index in [-0.39, 0.29) is 12.1 Å². The molecular weight excluding hydrogens is 204 g/mol. The van der Waals surface area contributed by atoms with Crippen molar-refractivity contribution in [2.45, 2.75) is 51.7 Å². The predicted molar refractivity (Wildman–Crippen MR) is 62.3 cm³/mol. The number of nitrogens with one attached hydrogen (secondary N) is 2. The third-order valence-electron chi connectivity index (χ3n) is 3.61. The van der Waals surface area contributed by atoms with Crippen LogP contribution >= 0.6 is 0 Å². The SMILES string of the molecule is CC(C)(C)OC(=O)N[C@H]1CNCC12CCC2. The van der Waals surface area contributed by atoms with Gasteiger partial charge in [-0.2, -0.15) is 0 Å². The number of hydrogen-bond donors (Lipinski definition) is 2. The summed E-state index contributed by atoms with van der Waals surface area (Å²) in [5, 5.41) is 6.37. The molecule has 0 bridgehead atoms. The Kier molecular flexibility index (Phi) is 2.86. The maximum Gasteiger partial charge on any atom is 0.407 e. The minimum absolute atomic E-state index is 0.246. The zero-order valence-corrected chi connectivity index (χ0v) is 10.4. The van der Waals surface area contributed by atoms with Crippen LogP contribution < -0.4 is 10.6 Å². The van der Waals surface area contributed by atoms with Gasteiger partial charge in [-0.3, -0.25) is 0 Å². The zero-order chi connectivity index (χ0) is 11.8. The normalized spacial score (nSPS) is 27.6. The van der Waals surface area contributed by atoms with Gasteiger partial charge in [0.15, 0.2) is 0 Å². The molecule has 2 aliphatic rings. The van der Waals surface area contributed by atoms with Gasteiger partial charge in [0.2, 0.25) is 0 Å². The molecule has 1 saturated carbocycles. The van der Waals surface area contributed by atoms with Gasteiger partial charge in [0.05, 0.1) is 6.04 Å². The van der Waals surface area contributed by atoms with Crippen LogP contribution in [0.4, 0.5) is 4.79 Å². The highest BCUT2D eigenvalue weighted by Gasteiger charge is 2.48. The quantitative estimate of drug-likeness (QED) is 0.715. The fraction of sp³-hybridized carbons (Fsp3) is 0.917. The molecule has 0 aromatic heterocycles. The molecule has 2 rings (SSSR count). The Morgan fingerprint density at radius 2 is 2.12 bits per heavy atom. The monoisotopic (exact) mass is 226 g/mol. The van der Waals surface area contributed by atoms with Crippen molar-refractivity contribution in [2.24, 2.45) is 5.41 Å². The summed E-state index contributed by atoms with van der Waals surface area (Å²) in [5.74, 6) is 0. The Bertz CT molecular complexity index is 279.